The standard InChI is InChI=1S/C11H7BrF3NO/c12-9-7(14)4-6(13)8(10(9)15)11(16-5-17)2-1-3-11/h4H,1-3H2. The van der Waals surface area contributed by atoms with E-state index < -0.39 is 27.5 Å². The van der Waals surface area contributed by atoms with Crippen LogP contribution in [0.4, 0.5) is 13.2 Å². The zero-order valence-electron chi connectivity index (χ0n) is 8.57. The Balaban J connectivity index is 2.66. The van der Waals surface area contributed by atoms with E-state index in [4.69, 9.17) is 0 Å². The number of hydrogen-bond acceptors (Lipinski definition) is 2. The number of aliphatic imine (C=N–C) groups is 1. The summed E-state index contributed by atoms with van der Waals surface area (Å²) in [6.45, 7) is 0. The van der Waals surface area contributed by atoms with E-state index in [1.165, 1.54) is 6.08 Å². The lowest BCUT2D eigenvalue weighted by molar-refractivity contribution is 0.237. The number of halogens is 4. The largest absolute Gasteiger partial charge is 0.235 e. The van der Waals surface area contributed by atoms with E-state index in [1.807, 2.05) is 0 Å². The molecule has 90 valence electrons. The fourth-order valence-corrected chi connectivity index (χ4v) is 2.32. The molecule has 1 fully saturated rings. The van der Waals surface area contributed by atoms with Gasteiger partial charge in [0.05, 0.1) is 10.0 Å². The first-order valence-corrected chi connectivity index (χ1v) is 5.73. The minimum absolute atomic E-state index is 0.355. The average Bonchev–Trinajstić information content (AvgIpc) is 2.22. The number of benzene rings is 1. The molecule has 0 unspecified atom stereocenters. The van der Waals surface area contributed by atoms with Crippen molar-refractivity contribution in [2.45, 2.75) is 24.8 Å². The maximum Gasteiger partial charge on any atom is 0.235 e. The zero-order chi connectivity index (χ0) is 12.6. The van der Waals surface area contributed by atoms with Gasteiger partial charge in [-0.2, -0.15) is 4.99 Å². The first kappa shape index (κ1) is 12.3. The predicted molar refractivity (Wildman–Crippen MR) is 57.7 cm³/mol. The van der Waals surface area contributed by atoms with Gasteiger partial charge < -0.3 is 0 Å². The van der Waals surface area contributed by atoms with Crippen molar-refractivity contribution < 1.29 is 18.0 Å². The van der Waals surface area contributed by atoms with Crippen molar-refractivity contribution in [3.05, 3.63) is 33.6 Å². The van der Waals surface area contributed by atoms with Gasteiger partial charge in [-0.25, -0.2) is 18.0 Å². The Labute approximate surface area is 104 Å². The third-order valence-electron chi connectivity index (χ3n) is 3.02. The van der Waals surface area contributed by atoms with Crippen LogP contribution < -0.4 is 0 Å². The summed E-state index contributed by atoms with van der Waals surface area (Å²) in [6.07, 6.45) is 2.75. The van der Waals surface area contributed by atoms with Gasteiger partial charge in [-0.15, -0.1) is 0 Å². The summed E-state index contributed by atoms with van der Waals surface area (Å²) in [5.74, 6) is -3.09. The van der Waals surface area contributed by atoms with Crippen molar-refractivity contribution in [1.29, 1.82) is 0 Å². The minimum atomic E-state index is -1.22. The summed E-state index contributed by atoms with van der Waals surface area (Å²) < 4.78 is 40.1. The van der Waals surface area contributed by atoms with E-state index in [-0.39, 0.29) is 5.56 Å². The molecule has 1 aliphatic rings. The van der Waals surface area contributed by atoms with E-state index >= 15 is 0 Å². The van der Waals surface area contributed by atoms with Gasteiger partial charge in [0.15, 0.2) is 0 Å². The van der Waals surface area contributed by atoms with E-state index in [0.717, 1.165) is 0 Å². The molecule has 0 amide bonds. The lowest BCUT2D eigenvalue weighted by Crippen LogP contribution is -2.34. The van der Waals surface area contributed by atoms with E-state index in [9.17, 15) is 18.0 Å². The van der Waals surface area contributed by atoms with Crippen LogP contribution in [-0.4, -0.2) is 6.08 Å². The van der Waals surface area contributed by atoms with E-state index in [1.54, 1.807) is 0 Å². The van der Waals surface area contributed by atoms with Crippen LogP contribution in [0, 0.1) is 17.5 Å². The highest BCUT2D eigenvalue weighted by atomic mass is 79.9. The molecule has 1 aromatic rings. The Morgan fingerprint density at radius 2 is 1.94 bits per heavy atom. The van der Waals surface area contributed by atoms with Crippen LogP contribution in [0.3, 0.4) is 0 Å². The molecule has 1 aromatic carbocycles. The Kier molecular flexibility index (Phi) is 3.10. The Hall–Kier alpha value is -1.13. The van der Waals surface area contributed by atoms with Gasteiger partial charge in [0.1, 0.15) is 23.0 Å². The zero-order valence-corrected chi connectivity index (χ0v) is 10.2. The fourth-order valence-electron chi connectivity index (χ4n) is 2.01. The number of nitrogens with zero attached hydrogens (tertiary/aromatic N) is 1. The maximum atomic E-state index is 13.8. The molecule has 0 spiro atoms. The molecule has 0 bridgehead atoms. The minimum Gasteiger partial charge on any atom is -0.211 e. The quantitative estimate of drug-likeness (QED) is 0.355. The van der Waals surface area contributed by atoms with Gasteiger partial charge in [0, 0.05) is 6.07 Å². The highest BCUT2D eigenvalue weighted by Gasteiger charge is 2.44. The van der Waals surface area contributed by atoms with Gasteiger partial charge in [-0.1, -0.05) is 0 Å². The Morgan fingerprint density at radius 1 is 1.29 bits per heavy atom. The van der Waals surface area contributed by atoms with Crippen LogP contribution >= 0.6 is 15.9 Å². The van der Waals surface area contributed by atoms with Crippen LogP contribution in [-0.2, 0) is 10.3 Å². The molecule has 17 heavy (non-hydrogen) atoms. The molecule has 1 aliphatic carbocycles. The van der Waals surface area contributed by atoms with Crippen molar-refractivity contribution >= 4 is 22.0 Å². The maximum absolute atomic E-state index is 13.8. The summed E-state index contributed by atoms with van der Waals surface area (Å²) >= 11 is 2.70. The first-order chi connectivity index (χ1) is 8.02. The summed E-state index contributed by atoms with van der Waals surface area (Å²) in [7, 11) is 0. The highest BCUT2D eigenvalue weighted by molar-refractivity contribution is 9.10. The lowest BCUT2D eigenvalue weighted by Gasteiger charge is -2.37. The predicted octanol–water partition coefficient (Wildman–Crippen LogP) is 3.58. The molecular weight excluding hydrogens is 299 g/mol. The van der Waals surface area contributed by atoms with Crippen molar-refractivity contribution in [3.8, 4) is 0 Å². The van der Waals surface area contributed by atoms with Gasteiger partial charge in [0.2, 0.25) is 6.08 Å². The van der Waals surface area contributed by atoms with Crippen LogP contribution in [0.5, 0.6) is 0 Å². The van der Waals surface area contributed by atoms with Gasteiger partial charge in [-0.05, 0) is 35.2 Å². The lowest BCUT2D eigenvalue weighted by atomic mass is 9.72. The fraction of sp³-hybridized carbons (Fsp3) is 0.364. The van der Waals surface area contributed by atoms with Gasteiger partial charge in [0.25, 0.3) is 0 Å². The summed E-state index contributed by atoms with van der Waals surface area (Å²) in [6, 6.07) is 0.586. The van der Waals surface area contributed by atoms with Crippen LogP contribution in [0.1, 0.15) is 24.8 Å². The average molecular weight is 306 g/mol. The third-order valence-corrected chi connectivity index (χ3v) is 3.75. The SMILES string of the molecule is O=C=NC1(c2c(F)cc(F)c(Br)c2F)CCC1. The van der Waals surface area contributed by atoms with Crippen molar-refractivity contribution in [1.82, 2.24) is 0 Å². The van der Waals surface area contributed by atoms with Gasteiger partial charge >= 0.3 is 0 Å². The summed E-state index contributed by atoms with van der Waals surface area (Å²) in [5, 5.41) is 0. The van der Waals surface area contributed by atoms with Gasteiger partial charge in [-0.3, -0.25) is 0 Å². The second-order valence-electron chi connectivity index (χ2n) is 3.93. The van der Waals surface area contributed by atoms with Crippen molar-refractivity contribution in [2.75, 3.05) is 0 Å². The molecule has 0 saturated heterocycles. The number of isocyanates is 1. The van der Waals surface area contributed by atoms with E-state index in [0.29, 0.717) is 25.3 Å². The second-order valence-corrected chi connectivity index (χ2v) is 4.72. The molecular formula is C11H7BrF3NO. The molecule has 2 nitrogen and oxygen atoms in total. The summed E-state index contributed by atoms with van der Waals surface area (Å²) in [4.78, 5) is 13.8. The number of rotatable bonds is 2. The molecule has 1 saturated carbocycles. The Morgan fingerprint density at radius 3 is 2.41 bits per heavy atom. The molecule has 2 rings (SSSR count). The van der Waals surface area contributed by atoms with Crippen molar-refractivity contribution in [2.24, 2.45) is 4.99 Å². The Bertz CT molecular complexity index is 522. The smallest absolute Gasteiger partial charge is 0.211 e. The molecule has 0 aromatic heterocycles. The van der Waals surface area contributed by atoms with Crippen molar-refractivity contribution in [3.63, 3.8) is 0 Å². The van der Waals surface area contributed by atoms with Crippen LogP contribution in [0.15, 0.2) is 15.5 Å². The van der Waals surface area contributed by atoms with E-state index in [2.05, 4.69) is 20.9 Å². The monoisotopic (exact) mass is 305 g/mol. The topological polar surface area (TPSA) is 29.4 Å². The number of hydrogen-bond donors (Lipinski definition) is 0. The molecule has 0 radical (unpaired) electrons. The van der Waals surface area contributed by atoms with Crippen LogP contribution in [0.25, 0.3) is 0 Å². The van der Waals surface area contributed by atoms with Crippen LogP contribution in [0.2, 0.25) is 0 Å². The molecule has 0 aliphatic heterocycles. The molecule has 6 heteroatoms. The summed E-state index contributed by atoms with van der Waals surface area (Å²) in [5.41, 5.74) is -1.58. The molecule has 0 heterocycles. The normalized spacial score (nSPS) is 17.2. The third kappa shape index (κ3) is 1.81. The first-order valence-electron chi connectivity index (χ1n) is 4.94. The molecule has 0 atom stereocenters. The molecule has 0 N–H and O–H groups in total. The second kappa shape index (κ2) is 4.27. The highest BCUT2D eigenvalue weighted by Crippen LogP contribution is 2.47. The number of carbonyl (C=O) groups excluding carboxylic acids is 1.